The van der Waals surface area contributed by atoms with Crippen LogP contribution in [0.3, 0.4) is 0 Å². The molecular weight excluding hydrogens is 244 g/mol. The molecule has 1 unspecified atom stereocenters. The SMILES string of the molecule is CCCN(CC)CC(O)c1ccc(C(N)=S)cc1. The Hall–Kier alpha value is -0.970. The molecule has 18 heavy (non-hydrogen) atoms. The lowest BCUT2D eigenvalue weighted by atomic mass is 10.1. The van der Waals surface area contributed by atoms with Gasteiger partial charge < -0.3 is 15.7 Å². The van der Waals surface area contributed by atoms with Crippen LogP contribution in [0.25, 0.3) is 0 Å². The minimum Gasteiger partial charge on any atom is -0.389 e. The highest BCUT2D eigenvalue weighted by molar-refractivity contribution is 7.80. The first-order valence-electron chi connectivity index (χ1n) is 6.38. The van der Waals surface area contributed by atoms with Gasteiger partial charge in [0.15, 0.2) is 0 Å². The van der Waals surface area contributed by atoms with Crippen LogP contribution in [0.5, 0.6) is 0 Å². The van der Waals surface area contributed by atoms with Crippen molar-refractivity contribution in [1.82, 2.24) is 4.90 Å². The molecule has 4 heteroatoms. The zero-order valence-corrected chi connectivity index (χ0v) is 11.9. The molecular formula is C14H22N2OS. The van der Waals surface area contributed by atoms with Crippen LogP contribution in [0.1, 0.15) is 37.5 Å². The van der Waals surface area contributed by atoms with Crippen molar-refractivity contribution in [3.63, 3.8) is 0 Å². The van der Waals surface area contributed by atoms with E-state index in [2.05, 4.69) is 18.7 Å². The largest absolute Gasteiger partial charge is 0.389 e. The minimum absolute atomic E-state index is 0.386. The number of nitrogens with two attached hydrogens (primary N) is 1. The summed E-state index contributed by atoms with van der Waals surface area (Å²) in [5, 5.41) is 10.2. The van der Waals surface area contributed by atoms with Gasteiger partial charge in [-0.05, 0) is 25.1 Å². The normalized spacial score (nSPS) is 12.7. The second-order valence-corrected chi connectivity index (χ2v) is 4.84. The van der Waals surface area contributed by atoms with Gasteiger partial charge in [0, 0.05) is 12.1 Å². The molecule has 0 saturated carbocycles. The molecule has 3 nitrogen and oxygen atoms in total. The van der Waals surface area contributed by atoms with E-state index in [0.29, 0.717) is 11.5 Å². The summed E-state index contributed by atoms with van der Waals surface area (Å²) in [6.45, 7) is 6.88. The van der Waals surface area contributed by atoms with Gasteiger partial charge in [-0.2, -0.15) is 0 Å². The van der Waals surface area contributed by atoms with Gasteiger partial charge in [-0.15, -0.1) is 0 Å². The molecule has 1 rings (SSSR count). The van der Waals surface area contributed by atoms with Crippen molar-refractivity contribution in [3.05, 3.63) is 35.4 Å². The maximum absolute atomic E-state index is 10.2. The lowest BCUT2D eigenvalue weighted by Gasteiger charge is -2.23. The summed E-state index contributed by atoms with van der Waals surface area (Å²) in [5.74, 6) is 0. The molecule has 1 aromatic rings. The van der Waals surface area contributed by atoms with Crippen molar-refractivity contribution in [3.8, 4) is 0 Å². The van der Waals surface area contributed by atoms with Gasteiger partial charge in [-0.25, -0.2) is 0 Å². The Morgan fingerprint density at radius 2 is 1.94 bits per heavy atom. The Bertz CT molecular complexity index is 378. The van der Waals surface area contributed by atoms with Gasteiger partial charge in [0.2, 0.25) is 0 Å². The first-order valence-corrected chi connectivity index (χ1v) is 6.79. The molecule has 0 aliphatic heterocycles. The summed E-state index contributed by atoms with van der Waals surface area (Å²) < 4.78 is 0. The fourth-order valence-corrected chi connectivity index (χ4v) is 2.05. The van der Waals surface area contributed by atoms with E-state index in [1.165, 1.54) is 0 Å². The van der Waals surface area contributed by atoms with E-state index in [4.69, 9.17) is 18.0 Å². The average Bonchev–Trinajstić information content (AvgIpc) is 2.38. The topological polar surface area (TPSA) is 49.5 Å². The molecule has 0 spiro atoms. The summed E-state index contributed by atoms with van der Waals surface area (Å²) >= 11 is 4.90. The lowest BCUT2D eigenvalue weighted by molar-refractivity contribution is 0.116. The number of hydrogen-bond acceptors (Lipinski definition) is 3. The van der Waals surface area contributed by atoms with Crippen molar-refractivity contribution in [2.45, 2.75) is 26.4 Å². The molecule has 0 heterocycles. The van der Waals surface area contributed by atoms with Gasteiger partial charge in [0.1, 0.15) is 4.99 Å². The molecule has 0 bridgehead atoms. The third-order valence-corrected chi connectivity index (χ3v) is 3.23. The molecule has 0 aliphatic carbocycles. The van der Waals surface area contributed by atoms with E-state index >= 15 is 0 Å². The molecule has 0 saturated heterocycles. The number of rotatable bonds is 7. The molecule has 0 aliphatic rings. The van der Waals surface area contributed by atoms with E-state index in [9.17, 15) is 5.11 Å². The second-order valence-electron chi connectivity index (χ2n) is 4.40. The molecule has 3 N–H and O–H groups in total. The van der Waals surface area contributed by atoms with E-state index in [1.807, 2.05) is 24.3 Å². The summed E-state index contributed by atoms with van der Waals surface area (Å²) in [5.41, 5.74) is 7.28. The molecule has 0 fully saturated rings. The van der Waals surface area contributed by atoms with Gasteiger partial charge in [-0.1, -0.05) is 50.3 Å². The van der Waals surface area contributed by atoms with Crippen LogP contribution >= 0.6 is 12.2 Å². The summed E-state index contributed by atoms with van der Waals surface area (Å²) in [6.07, 6.45) is 0.637. The van der Waals surface area contributed by atoms with Gasteiger partial charge in [0.05, 0.1) is 6.10 Å². The molecule has 1 atom stereocenters. The molecule has 0 radical (unpaired) electrons. The summed E-state index contributed by atoms with van der Waals surface area (Å²) in [6, 6.07) is 7.49. The summed E-state index contributed by atoms with van der Waals surface area (Å²) in [4.78, 5) is 2.63. The maximum Gasteiger partial charge on any atom is 0.103 e. The predicted octanol–water partition coefficient (Wildman–Crippen LogP) is 2.09. The average molecular weight is 266 g/mol. The maximum atomic E-state index is 10.2. The fourth-order valence-electron chi connectivity index (χ4n) is 1.91. The molecule has 1 aromatic carbocycles. The van der Waals surface area contributed by atoms with Crippen LogP contribution < -0.4 is 5.73 Å². The monoisotopic (exact) mass is 266 g/mol. The number of aliphatic hydroxyl groups is 1. The Morgan fingerprint density at radius 1 is 1.33 bits per heavy atom. The van der Waals surface area contributed by atoms with Crippen LogP contribution in [0.4, 0.5) is 0 Å². The van der Waals surface area contributed by atoms with Crippen LogP contribution in [0.15, 0.2) is 24.3 Å². The van der Waals surface area contributed by atoms with E-state index in [-0.39, 0.29) is 0 Å². The molecule has 0 aromatic heterocycles. The minimum atomic E-state index is -0.461. The molecule has 100 valence electrons. The number of likely N-dealkylation sites (N-methyl/N-ethyl adjacent to an activating group) is 1. The smallest absolute Gasteiger partial charge is 0.103 e. The van der Waals surface area contributed by atoms with E-state index in [0.717, 1.165) is 30.6 Å². The fraction of sp³-hybridized carbons (Fsp3) is 0.500. The number of thiocarbonyl (C=S) groups is 1. The number of hydrogen-bond donors (Lipinski definition) is 2. The second kappa shape index (κ2) is 7.46. The van der Waals surface area contributed by atoms with Crippen molar-refractivity contribution < 1.29 is 5.11 Å². The van der Waals surface area contributed by atoms with Crippen molar-refractivity contribution in [1.29, 1.82) is 0 Å². The van der Waals surface area contributed by atoms with Gasteiger partial charge >= 0.3 is 0 Å². The number of nitrogens with zero attached hydrogens (tertiary/aromatic N) is 1. The van der Waals surface area contributed by atoms with Crippen LogP contribution in [0.2, 0.25) is 0 Å². The first kappa shape index (κ1) is 15.1. The van der Waals surface area contributed by atoms with Gasteiger partial charge in [-0.3, -0.25) is 0 Å². The Balaban J connectivity index is 2.65. The van der Waals surface area contributed by atoms with Crippen molar-refractivity contribution in [2.24, 2.45) is 5.73 Å². The van der Waals surface area contributed by atoms with Crippen LogP contribution in [0, 0.1) is 0 Å². The Kier molecular flexibility index (Phi) is 6.25. The highest BCUT2D eigenvalue weighted by atomic mass is 32.1. The highest BCUT2D eigenvalue weighted by Gasteiger charge is 2.11. The predicted molar refractivity (Wildman–Crippen MR) is 79.7 cm³/mol. The third kappa shape index (κ3) is 4.37. The standard InChI is InChI=1S/C14H22N2OS/c1-3-9-16(4-2)10-13(17)11-5-7-12(8-6-11)14(15)18/h5-8,13,17H,3-4,9-10H2,1-2H3,(H2,15,18). The van der Waals surface area contributed by atoms with Crippen molar-refractivity contribution >= 4 is 17.2 Å². The van der Waals surface area contributed by atoms with E-state index < -0.39 is 6.10 Å². The Labute approximate surface area is 115 Å². The van der Waals surface area contributed by atoms with Crippen LogP contribution in [-0.2, 0) is 0 Å². The first-order chi connectivity index (χ1) is 8.58. The molecule has 0 amide bonds. The summed E-state index contributed by atoms with van der Waals surface area (Å²) in [7, 11) is 0. The van der Waals surface area contributed by atoms with E-state index in [1.54, 1.807) is 0 Å². The zero-order valence-electron chi connectivity index (χ0n) is 11.1. The quantitative estimate of drug-likeness (QED) is 0.742. The van der Waals surface area contributed by atoms with Gasteiger partial charge in [0.25, 0.3) is 0 Å². The highest BCUT2D eigenvalue weighted by Crippen LogP contribution is 2.15. The number of aliphatic hydroxyl groups excluding tert-OH is 1. The Morgan fingerprint density at radius 3 is 2.39 bits per heavy atom. The van der Waals surface area contributed by atoms with Crippen LogP contribution in [-0.4, -0.2) is 34.6 Å². The van der Waals surface area contributed by atoms with Crippen molar-refractivity contribution in [2.75, 3.05) is 19.6 Å². The zero-order chi connectivity index (χ0) is 13.5. The number of benzene rings is 1. The lowest BCUT2D eigenvalue weighted by Crippen LogP contribution is -2.29. The third-order valence-electron chi connectivity index (χ3n) is 3.00.